The molecule has 9 heteroatoms. The van der Waals surface area contributed by atoms with Gasteiger partial charge in [0.1, 0.15) is 22.4 Å². The fourth-order valence-electron chi connectivity index (χ4n) is 3.38. The Balaban J connectivity index is 2.41. The minimum atomic E-state index is 0.262. The number of aromatic nitrogens is 4. The molecule has 3 aromatic rings. The van der Waals surface area contributed by atoms with Crippen LogP contribution in [-0.2, 0) is 0 Å². The van der Waals surface area contributed by atoms with Gasteiger partial charge in [0.25, 0.3) is 0 Å². The fraction of sp³-hybridized carbons (Fsp3) is 0.421. The van der Waals surface area contributed by atoms with E-state index in [4.69, 9.17) is 44.9 Å². The zero-order valence-electron chi connectivity index (χ0n) is 16.6. The molecule has 0 unspecified atom stereocenters. The Bertz CT molecular complexity index is 1000. The summed E-state index contributed by atoms with van der Waals surface area (Å²) in [5.74, 6) is 1.52. The number of aryl methyl sites for hydroxylation is 1. The number of halogens is 3. The largest absolute Gasteiger partial charge is 0.351 e. The molecule has 5 nitrogen and oxygen atoms in total. The van der Waals surface area contributed by atoms with Gasteiger partial charge >= 0.3 is 0 Å². The second kappa shape index (κ2) is 8.27. The summed E-state index contributed by atoms with van der Waals surface area (Å²) in [4.78, 5) is 11.7. The predicted molar refractivity (Wildman–Crippen MR) is 121 cm³/mol. The van der Waals surface area contributed by atoms with Crippen LogP contribution in [0.5, 0.6) is 0 Å². The van der Waals surface area contributed by atoms with Crippen molar-refractivity contribution >= 4 is 63.4 Å². The van der Waals surface area contributed by atoms with Crippen molar-refractivity contribution in [2.24, 2.45) is 0 Å². The third-order valence-corrected chi connectivity index (χ3v) is 5.80. The Labute approximate surface area is 184 Å². The highest BCUT2D eigenvalue weighted by Gasteiger charge is 2.26. The number of rotatable bonds is 5. The molecule has 2 heterocycles. The van der Waals surface area contributed by atoms with Crippen molar-refractivity contribution in [2.45, 2.75) is 51.7 Å². The van der Waals surface area contributed by atoms with Crippen molar-refractivity contribution in [3.63, 3.8) is 0 Å². The Morgan fingerprint density at radius 2 is 1.57 bits per heavy atom. The summed E-state index contributed by atoms with van der Waals surface area (Å²) in [7, 11) is 0. The van der Waals surface area contributed by atoms with Gasteiger partial charge in [-0.25, -0.2) is 14.6 Å². The molecule has 0 aliphatic carbocycles. The normalized spacial score (nSPS) is 11.8. The molecule has 0 atom stereocenters. The van der Waals surface area contributed by atoms with E-state index in [1.807, 2.05) is 13.2 Å². The molecule has 28 heavy (non-hydrogen) atoms. The van der Waals surface area contributed by atoms with Crippen molar-refractivity contribution in [2.75, 3.05) is 11.2 Å². The van der Waals surface area contributed by atoms with Crippen LogP contribution >= 0.6 is 46.6 Å². The lowest BCUT2D eigenvalue weighted by Crippen LogP contribution is -2.38. The summed E-state index contributed by atoms with van der Waals surface area (Å²) in [6, 6.07) is 3.83. The molecule has 150 valence electrons. The van der Waals surface area contributed by atoms with E-state index in [0.29, 0.717) is 32.2 Å². The van der Waals surface area contributed by atoms with Crippen LogP contribution in [-0.4, -0.2) is 38.1 Å². The molecule has 0 radical (unpaired) electrons. The lowest BCUT2D eigenvalue weighted by Gasteiger charge is -2.32. The van der Waals surface area contributed by atoms with Crippen LogP contribution in [0.1, 0.15) is 33.5 Å². The maximum atomic E-state index is 6.47. The number of benzene rings is 1. The first-order valence-electron chi connectivity index (χ1n) is 8.90. The van der Waals surface area contributed by atoms with E-state index in [0.717, 1.165) is 16.2 Å². The van der Waals surface area contributed by atoms with Gasteiger partial charge in [-0.3, -0.25) is 0 Å². The van der Waals surface area contributed by atoms with Crippen LogP contribution in [0.4, 0.5) is 5.82 Å². The fourth-order valence-corrected chi connectivity index (χ4v) is 4.91. The Hall–Kier alpha value is -1.21. The Morgan fingerprint density at radius 3 is 2.07 bits per heavy atom. The molecule has 1 aromatic carbocycles. The first kappa shape index (κ1) is 21.5. The minimum absolute atomic E-state index is 0.262. The van der Waals surface area contributed by atoms with Gasteiger partial charge in [0.05, 0.1) is 15.4 Å². The van der Waals surface area contributed by atoms with Crippen molar-refractivity contribution < 1.29 is 0 Å². The summed E-state index contributed by atoms with van der Waals surface area (Å²) in [6.07, 6.45) is 1.98. The molecule has 2 aromatic heterocycles. The van der Waals surface area contributed by atoms with Crippen LogP contribution in [0, 0.1) is 6.92 Å². The molecule has 3 rings (SSSR count). The summed E-state index contributed by atoms with van der Waals surface area (Å²) in [5.41, 5.74) is 1.23. The summed E-state index contributed by atoms with van der Waals surface area (Å²) < 4.78 is 1.69. The lowest BCUT2D eigenvalue weighted by atomic mass is 10.2. The predicted octanol–water partition coefficient (Wildman–Crippen LogP) is 6.43. The quantitative estimate of drug-likeness (QED) is 0.412. The van der Waals surface area contributed by atoms with Crippen molar-refractivity contribution in [1.29, 1.82) is 0 Å². The maximum Gasteiger partial charge on any atom is 0.170 e. The van der Waals surface area contributed by atoms with Crippen LogP contribution in [0.15, 0.2) is 17.2 Å². The highest BCUT2D eigenvalue weighted by atomic mass is 35.5. The van der Waals surface area contributed by atoms with E-state index in [1.54, 1.807) is 16.8 Å². The number of hydrogen-bond acceptors (Lipinski definition) is 5. The van der Waals surface area contributed by atoms with Crippen LogP contribution in [0.25, 0.3) is 16.7 Å². The first-order valence-corrected chi connectivity index (χ1v) is 11.3. The van der Waals surface area contributed by atoms with Gasteiger partial charge in [-0.05, 0) is 53.0 Å². The molecular formula is C19H22Cl3N5S. The smallest absolute Gasteiger partial charge is 0.170 e. The van der Waals surface area contributed by atoms with Gasteiger partial charge in [-0.1, -0.05) is 34.8 Å². The van der Waals surface area contributed by atoms with E-state index >= 15 is 0 Å². The van der Waals surface area contributed by atoms with Gasteiger partial charge in [0.15, 0.2) is 5.65 Å². The number of thioether (sulfide) groups is 1. The maximum absolute atomic E-state index is 6.47. The number of anilines is 1. The zero-order chi connectivity index (χ0) is 20.7. The molecule has 0 aliphatic heterocycles. The summed E-state index contributed by atoms with van der Waals surface area (Å²) in [5, 5.41) is 7.78. The Morgan fingerprint density at radius 1 is 1.00 bits per heavy atom. The van der Waals surface area contributed by atoms with E-state index in [1.165, 1.54) is 11.8 Å². The van der Waals surface area contributed by atoms with Crippen LogP contribution in [0.2, 0.25) is 15.1 Å². The van der Waals surface area contributed by atoms with Crippen molar-refractivity contribution in [3.8, 4) is 5.69 Å². The third kappa shape index (κ3) is 3.80. The molecule has 0 saturated heterocycles. The first-order chi connectivity index (χ1) is 13.1. The molecule has 0 amide bonds. The van der Waals surface area contributed by atoms with Crippen LogP contribution in [0.3, 0.4) is 0 Å². The molecule has 0 spiro atoms. The van der Waals surface area contributed by atoms with Gasteiger partial charge < -0.3 is 4.90 Å². The highest BCUT2D eigenvalue weighted by Crippen LogP contribution is 2.39. The average molecular weight is 459 g/mol. The summed E-state index contributed by atoms with van der Waals surface area (Å²) in [6.45, 7) is 10.5. The molecule has 0 fully saturated rings. The number of nitrogens with zero attached hydrogens (tertiary/aromatic N) is 5. The Kier molecular flexibility index (Phi) is 6.35. The number of fused-ring (bicyclic) bond motifs is 1. The minimum Gasteiger partial charge on any atom is -0.351 e. The van der Waals surface area contributed by atoms with Crippen molar-refractivity contribution in [3.05, 3.63) is 33.0 Å². The van der Waals surface area contributed by atoms with E-state index < -0.39 is 0 Å². The molecule has 0 bridgehead atoms. The summed E-state index contributed by atoms with van der Waals surface area (Å²) >= 11 is 20.6. The van der Waals surface area contributed by atoms with E-state index in [-0.39, 0.29) is 12.1 Å². The van der Waals surface area contributed by atoms with Gasteiger partial charge in [0, 0.05) is 17.1 Å². The van der Waals surface area contributed by atoms with E-state index in [2.05, 4.69) is 37.6 Å². The van der Waals surface area contributed by atoms with Gasteiger partial charge in [0.2, 0.25) is 0 Å². The standard InChI is InChI=1S/C19H22Cl3N5S/c1-9(2)26(10(3)4)17-15-18(24-11(5)23-17)27(25-19(15)28-6)16-13(21)7-12(20)8-14(16)22/h7-10H,1-6H3. The zero-order valence-corrected chi connectivity index (χ0v) is 19.7. The molecule has 0 aliphatic rings. The topological polar surface area (TPSA) is 46.8 Å². The molecule has 0 saturated carbocycles. The lowest BCUT2D eigenvalue weighted by molar-refractivity contribution is 0.601. The van der Waals surface area contributed by atoms with Gasteiger partial charge in [-0.15, -0.1) is 11.8 Å². The highest BCUT2D eigenvalue weighted by molar-refractivity contribution is 7.98. The SMILES string of the molecule is CSc1nn(-c2c(Cl)cc(Cl)cc2Cl)c2nc(C)nc(N(C(C)C)C(C)C)c12. The second-order valence-electron chi connectivity index (χ2n) is 7.03. The van der Waals surface area contributed by atoms with E-state index in [9.17, 15) is 0 Å². The van der Waals surface area contributed by atoms with Gasteiger partial charge in [-0.2, -0.15) is 5.10 Å². The van der Waals surface area contributed by atoms with Crippen LogP contribution < -0.4 is 4.90 Å². The monoisotopic (exact) mass is 457 g/mol. The molecule has 0 N–H and O–H groups in total. The average Bonchev–Trinajstić information content (AvgIpc) is 2.91. The van der Waals surface area contributed by atoms with Crippen molar-refractivity contribution in [1.82, 2.24) is 19.7 Å². The second-order valence-corrected chi connectivity index (χ2v) is 9.07. The third-order valence-electron chi connectivity index (χ3n) is 4.33. The number of hydrogen-bond donors (Lipinski definition) is 0. The molecular weight excluding hydrogens is 437 g/mol.